The zero-order chi connectivity index (χ0) is 62.1. The van der Waals surface area contributed by atoms with Gasteiger partial charge in [-0.15, -0.1) is 22.7 Å². The number of nitrogens with zero attached hydrogens (tertiary/aromatic N) is 2. The third kappa shape index (κ3) is 6.88. The van der Waals surface area contributed by atoms with Gasteiger partial charge in [0, 0.05) is 26.6 Å². The Kier molecular flexibility index (Phi) is 11.0. The fourth-order valence-electron chi connectivity index (χ4n) is 16.8. The molecule has 94 heavy (non-hydrogen) atoms. The van der Waals surface area contributed by atoms with Gasteiger partial charge in [-0.1, -0.05) is 72.8 Å². The van der Waals surface area contributed by atoms with Gasteiger partial charge in [0.2, 0.25) is 9.84 Å². The van der Waals surface area contributed by atoms with Crippen LogP contribution in [0.1, 0.15) is 44.5 Å². The van der Waals surface area contributed by atoms with Crippen molar-refractivity contribution in [3.63, 3.8) is 0 Å². The van der Waals surface area contributed by atoms with Crippen molar-refractivity contribution >= 4 is 149 Å². The molecule has 0 unspecified atom stereocenters. The maximum Gasteiger partial charge on any atom is 0.207 e. The molecular weight excluding hydrogens is 1360 g/mol. The normalized spacial score (nSPS) is 15.7. The molecule has 6 nitrogen and oxygen atoms in total. The molecule has 0 amide bonds. The molecule has 8 heterocycles. The molecule has 444 valence electrons. The minimum absolute atomic E-state index is 0.317. The Labute approximate surface area is 561 Å². The first kappa shape index (κ1) is 54.0. The first-order valence-corrected chi connectivity index (χ1v) is 39.5. The molecule has 0 N–H and O–H groups in total. The summed E-state index contributed by atoms with van der Waals surface area (Å²) in [4.78, 5) is 13.8. The van der Waals surface area contributed by atoms with Gasteiger partial charge in [-0.3, -0.25) is 0 Å². The van der Waals surface area contributed by atoms with E-state index in [4.69, 9.17) is 0 Å². The van der Waals surface area contributed by atoms with Crippen molar-refractivity contribution in [2.45, 2.75) is 30.4 Å². The van der Waals surface area contributed by atoms with Gasteiger partial charge in [-0.25, -0.2) is 8.42 Å². The minimum atomic E-state index is -3.58. The van der Waals surface area contributed by atoms with Crippen LogP contribution >= 0.6 is 22.7 Å². The van der Waals surface area contributed by atoms with E-state index in [9.17, 15) is 16.8 Å². The van der Waals surface area contributed by atoms with Gasteiger partial charge >= 0.3 is 279 Å². The summed E-state index contributed by atoms with van der Waals surface area (Å²) in [7, 11) is -7.15. The molecule has 0 saturated heterocycles. The Balaban J connectivity index is 0.000000126. The smallest absolute Gasteiger partial charge is 0.207 e. The summed E-state index contributed by atoms with van der Waals surface area (Å²) in [5.74, 6) is 0. The van der Waals surface area contributed by atoms with E-state index in [0.29, 0.717) is 48.6 Å². The van der Waals surface area contributed by atoms with E-state index in [1.165, 1.54) is 97.4 Å². The van der Waals surface area contributed by atoms with Crippen molar-refractivity contribution in [1.29, 1.82) is 0 Å². The van der Waals surface area contributed by atoms with Gasteiger partial charge in [0.1, 0.15) is 0 Å². The minimum Gasteiger partial charge on any atom is -0.310 e. The van der Waals surface area contributed by atoms with Crippen LogP contribution in [0.5, 0.6) is 0 Å². The molecule has 0 radical (unpaired) electrons. The first-order chi connectivity index (χ1) is 46.1. The zero-order valence-corrected chi connectivity index (χ0v) is 56.2. The molecule has 22 rings (SSSR count). The van der Waals surface area contributed by atoms with E-state index in [1.807, 2.05) is 65.1 Å². The maximum absolute atomic E-state index is 13.6. The van der Waals surface area contributed by atoms with E-state index < -0.39 is 30.5 Å². The first-order valence-electron chi connectivity index (χ1n) is 31.1. The quantitative estimate of drug-likeness (QED) is 0.161. The van der Waals surface area contributed by atoms with E-state index in [1.54, 1.807) is 39.2 Å². The van der Waals surface area contributed by atoms with Crippen LogP contribution in [0.15, 0.2) is 295 Å². The van der Waals surface area contributed by atoms with Gasteiger partial charge in [-0.05, 0) is 115 Å². The Morgan fingerprint density at radius 2 is 0.596 bits per heavy atom. The topological polar surface area (TPSA) is 74.8 Å². The van der Waals surface area contributed by atoms with Crippen LogP contribution < -0.4 is 9.80 Å². The van der Waals surface area contributed by atoms with Crippen LogP contribution in [-0.4, -0.2) is 45.8 Å². The molecule has 12 aromatic carbocycles. The molecule has 6 aliphatic rings. The molecule has 0 saturated carbocycles. The second kappa shape index (κ2) is 19.1. The zero-order valence-electron chi connectivity index (χ0n) is 49.5. The van der Waals surface area contributed by atoms with E-state index in [-0.39, 0.29) is 0 Å². The van der Waals surface area contributed by atoms with Crippen molar-refractivity contribution in [2.24, 2.45) is 0 Å². The number of anilines is 6. The summed E-state index contributed by atoms with van der Waals surface area (Å²) in [5, 5.41) is 14.0. The standard InChI is InChI=1S/C41H23NO2S3.C41H23NO2SSe2/c43-47(44)37-12-6-5-11-29(37)30-23-28(13-14-38(30)47)42-35-21-26-9-3-1-7-24(26)19-33(35)41(31-15-17-45-39(31)40-32(41)16-18-46-40)34-20-25-8-2-4-10-27(25)22-36(34)42;43-45(44)37-12-6-5-11-29(37)30-23-28(13-14-38(30)45)42-35-21-26-9-3-1-7-24(26)19-33(35)41(31-15-17-46-39(31)40-32(41)16-18-47-40)34-20-25-8-2-4-10-27(25)22-36(34)42/h2*1-23H. The Hall–Kier alpha value is -9.42. The second-order valence-electron chi connectivity index (χ2n) is 25.1. The Bertz CT molecular complexity index is 5710. The SMILES string of the molecule is O=S1(=O)c2ccccc2-c2cc(N3c4cc5ccccc5cc4C4(c5cc6ccccc6cc53)c3cc[se]c3-c3[se]ccc34)ccc21.O=S1(=O)c2ccccc2-c2cc(N3c4cc5ccccc5cc4C4(c5cc6ccccc6cc53)c3ccsc3-c3sccc34)ccc21. The molecule has 2 aliphatic carbocycles. The number of fused-ring (bicyclic) bond motifs is 28. The number of benzene rings is 12. The molecule has 4 aliphatic heterocycles. The largest absolute Gasteiger partial charge is 0.310 e. The predicted octanol–water partition coefficient (Wildman–Crippen LogP) is 20.1. The molecule has 2 spiro atoms. The molecule has 0 atom stereocenters. The number of hydrogen-bond acceptors (Lipinski definition) is 8. The summed E-state index contributed by atoms with van der Waals surface area (Å²) < 4.78 is 57.5. The van der Waals surface area contributed by atoms with Crippen LogP contribution in [-0.2, 0) is 30.5 Å². The molecule has 16 aromatic rings. The summed E-state index contributed by atoms with van der Waals surface area (Å²) in [6.45, 7) is 0. The van der Waals surface area contributed by atoms with Gasteiger partial charge < -0.3 is 4.90 Å². The molecule has 4 aromatic heterocycles. The summed E-state index contributed by atoms with van der Waals surface area (Å²) >= 11 is 4.29. The molecule has 0 fully saturated rings. The van der Waals surface area contributed by atoms with Crippen LogP contribution in [0.25, 0.3) is 84.0 Å². The Morgan fingerprint density at radius 3 is 0.957 bits per heavy atom. The van der Waals surface area contributed by atoms with E-state index >= 15 is 0 Å². The number of thiophene rings is 2. The third-order valence-electron chi connectivity index (χ3n) is 20.7. The summed E-state index contributed by atoms with van der Waals surface area (Å²) in [5.41, 5.74) is 19.1. The van der Waals surface area contributed by atoms with Crippen LogP contribution in [0.3, 0.4) is 0 Å². The number of rotatable bonds is 2. The summed E-state index contributed by atoms with van der Waals surface area (Å²) in [6.07, 6.45) is 0. The van der Waals surface area contributed by atoms with Gasteiger partial charge in [0.25, 0.3) is 0 Å². The van der Waals surface area contributed by atoms with Crippen molar-refractivity contribution in [3.05, 3.63) is 320 Å². The molecule has 12 heteroatoms. The number of hydrogen-bond donors (Lipinski definition) is 0. The van der Waals surface area contributed by atoms with Crippen LogP contribution in [0.2, 0.25) is 0 Å². The van der Waals surface area contributed by atoms with Gasteiger partial charge in [0.15, 0.2) is 0 Å². The van der Waals surface area contributed by atoms with Gasteiger partial charge in [-0.2, -0.15) is 0 Å². The third-order valence-corrected chi connectivity index (χ3v) is 31.0. The summed E-state index contributed by atoms with van der Waals surface area (Å²) in [6, 6.07) is 89.6. The average Bonchev–Trinajstić information content (AvgIpc) is 1.42. The van der Waals surface area contributed by atoms with E-state index in [2.05, 4.69) is 212 Å². The van der Waals surface area contributed by atoms with Crippen molar-refractivity contribution in [3.8, 4) is 40.9 Å². The molecule has 0 bridgehead atoms. The van der Waals surface area contributed by atoms with Crippen molar-refractivity contribution < 1.29 is 16.8 Å². The Morgan fingerprint density at radius 1 is 0.287 bits per heavy atom. The average molecular weight is 1410 g/mol. The second-order valence-corrected chi connectivity index (χ2v) is 34.5. The predicted molar refractivity (Wildman–Crippen MR) is 385 cm³/mol. The fourth-order valence-corrected chi connectivity index (χ4v) is 27.1. The fraction of sp³-hybridized carbons (Fsp3) is 0.0244. The number of sulfone groups is 2. The van der Waals surface area contributed by atoms with Gasteiger partial charge in [0.05, 0.1) is 26.6 Å². The maximum atomic E-state index is 13.6. The van der Waals surface area contributed by atoms with Crippen molar-refractivity contribution in [1.82, 2.24) is 0 Å². The van der Waals surface area contributed by atoms with Crippen molar-refractivity contribution in [2.75, 3.05) is 9.80 Å². The van der Waals surface area contributed by atoms with Crippen LogP contribution in [0, 0.1) is 0 Å². The monoisotopic (exact) mass is 1410 g/mol. The molecular formula is C82H46N2O4S4Se2. The van der Waals surface area contributed by atoms with E-state index in [0.717, 1.165) is 56.4 Å². The van der Waals surface area contributed by atoms with Crippen LogP contribution in [0.4, 0.5) is 34.1 Å².